The van der Waals surface area contributed by atoms with Crippen LogP contribution < -0.4 is 4.74 Å². The Morgan fingerprint density at radius 2 is 1.77 bits per heavy atom. The maximum absolute atomic E-state index is 12.8. The zero-order valence-electron chi connectivity index (χ0n) is 15.0. The lowest BCUT2D eigenvalue weighted by molar-refractivity contribution is -0.151. The van der Waals surface area contributed by atoms with Crippen molar-refractivity contribution in [1.29, 1.82) is 0 Å². The van der Waals surface area contributed by atoms with Gasteiger partial charge in [-0.05, 0) is 48.3 Å². The summed E-state index contributed by atoms with van der Waals surface area (Å²) in [7, 11) is 1.62. The molecular formula is C22H22O4. The lowest BCUT2D eigenvalue weighted by Gasteiger charge is -2.29. The van der Waals surface area contributed by atoms with E-state index in [9.17, 15) is 9.59 Å². The molecule has 3 rings (SSSR count). The van der Waals surface area contributed by atoms with E-state index in [2.05, 4.69) is 0 Å². The van der Waals surface area contributed by atoms with Gasteiger partial charge in [0.2, 0.25) is 0 Å². The van der Waals surface area contributed by atoms with Crippen molar-refractivity contribution in [2.24, 2.45) is 5.92 Å². The normalized spacial score (nSPS) is 19.6. The van der Waals surface area contributed by atoms with Gasteiger partial charge >= 0.3 is 5.97 Å². The SMILES string of the molecule is CCOC(=O)C1C(=O)C=C(c2ccc(OC)cc2)CC1c1ccccc1. The van der Waals surface area contributed by atoms with E-state index in [-0.39, 0.29) is 18.3 Å². The molecule has 0 heterocycles. The van der Waals surface area contributed by atoms with Crippen LogP contribution in [0.3, 0.4) is 0 Å². The van der Waals surface area contributed by atoms with Crippen LogP contribution in [0.4, 0.5) is 0 Å². The molecule has 0 bridgehead atoms. The number of allylic oxidation sites excluding steroid dienone is 2. The number of hydrogen-bond acceptors (Lipinski definition) is 4. The number of rotatable bonds is 5. The fraction of sp³-hybridized carbons (Fsp3) is 0.273. The highest BCUT2D eigenvalue weighted by atomic mass is 16.5. The van der Waals surface area contributed by atoms with E-state index in [1.54, 1.807) is 20.1 Å². The zero-order chi connectivity index (χ0) is 18.5. The minimum Gasteiger partial charge on any atom is -0.497 e. The molecule has 0 aliphatic heterocycles. The number of carbonyl (C=O) groups is 2. The maximum Gasteiger partial charge on any atom is 0.317 e. The third-order valence-electron chi connectivity index (χ3n) is 4.69. The van der Waals surface area contributed by atoms with Crippen LogP contribution in [-0.2, 0) is 14.3 Å². The van der Waals surface area contributed by atoms with Gasteiger partial charge in [0.1, 0.15) is 11.7 Å². The van der Waals surface area contributed by atoms with E-state index in [1.807, 2.05) is 54.6 Å². The number of methoxy groups -OCH3 is 1. The molecule has 0 radical (unpaired) electrons. The Hall–Kier alpha value is -2.88. The molecule has 0 amide bonds. The molecular weight excluding hydrogens is 328 g/mol. The Labute approximate surface area is 153 Å². The predicted molar refractivity (Wildman–Crippen MR) is 99.9 cm³/mol. The average Bonchev–Trinajstić information content (AvgIpc) is 2.68. The van der Waals surface area contributed by atoms with E-state index in [0.29, 0.717) is 6.42 Å². The van der Waals surface area contributed by atoms with Crippen LogP contribution in [0, 0.1) is 5.92 Å². The molecule has 1 aliphatic rings. The van der Waals surface area contributed by atoms with Crippen LogP contribution >= 0.6 is 0 Å². The van der Waals surface area contributed by atoms with Gasteiger partial charge in [0.25, 0.3) is 0 Å². The largest absolute Gasteiger partial charge is 0.497 e. The fourth-order valence-electron chi connectivity index (χ4n) is 3.40. The molecule has 2 aromatic carbocycles. The minimum atomic E-state index is -0.792. The summed E-state index contributed by atoms with van der Waals surface area (Å²) in [5, 5.41) is 0. The summed E-state index contributed by atoms with van der Waals surface area (Å²) < 4.78 is 10.4. The molecule has 0 N–H and O–H groups in total. The maximum atomic E-state index is 12.8. The van der Waals surface area contributed by atoms with E-state index in [1.165, 1.54) is 0 Å². The molecule has 0 saturated carbocycles. The average molecular weight is 350 g/mol. The lowest BCUT2D eigenvalue weighted by atomic mass is 9.73. The van der Waals surface area contributed by atoms with Crippen molar-refractivity contribution >= 4 is 17.3 Å². The summed E-state index contributed by atoms with van der Waals surface area (Å²) in [5.74, 6) is -0.907. The second kappa shape index (κ2) is 8.00. The summed E-state index contributed by atoms with van der Waals surface area (Å²) in [6, 6.07) is 17.3. The van der Waals surface area contributed by atoms with Crippen molar-refractivity contribution in [3.8, 4) is 5.75 Å². The van der Waals surface area contributed by atoms with Gasteiger partial charge in [-0.25, -0.2) is 0 Å². The van der Waals surface area contributed by atoms with Gasteiger partial charge in [-0.1, -0.05) is 42.5 Å². The van der Waals surface area contributed by atoms with Crippen LogP contribution in [-0.4, -0.2) is 25.5 Å². The molecule has 4 nitrogen and oxygen atoms in total. The molecule has 1 aliphatic carbocycles. The molecule has 134 valence electrons. The van der Waals surface area contributed by atoms with Crippen molar-refractivity contribution in [3.63, 3.8) is 0 Å². The van der Waals surface area contributed by atoms with Crippen LogP contribution in [0.25, 0.3) is 5.57 Å². The molecule has 0 saturated heterocycles. The van der Waals surface area contributed by atoms with Crippen LogP contribution in [0.15, 0.2) is 60.7 Å². The monoisotopic (exact) mass is 350 g/mol. The Morgan fingerprint density at radius 1 is 1.08 bits per heavy atom. The number of esters is 1. The van der Waals surface area contributed by atoms with Crippen molar-refractivity contribution in [3.05, 3.63) is 71.8 Å². The third-order valence-corrected chi connectivity index (χ3v) is 4.69. The van der Waals surface area contributed by atoms with Crippen molar-refractivity contribution in [2.45, 2.75) is 19.3 Å². The second-order valence-corrected chi connectivity index (χ2v) is 6.25. The number of hydrogen-bond donors (Lipinski definition) is 0. The highest BCUT2D eigenvalue weighted by Gasteiger charge is 2.39. The van der Waals surface area contributed by atoms with Gasteiger partial charge in [0.15, 0.2) is 5.78 Å². The van der Waals surface area contributed by atoms with Crippen LogP contribution in [0.5, 0.6) is 5.75 Å². The van der Waals surface area contributed by atoms with E-state index < -0.39 is 11.9 Å². The first kappa shape index (κ1) is 17.9. The van der Waals surface area contributed by atoms with Crippen LogP contribution in [0.2, 0.25) is 0 Å². The first-order valence-electron chi connectivity index (χ1n) is 8.74. The van der Waals surface area contributed by atoms with Gasteiger partial charge in [0, 0.05) is 5.92 Å². The Kier molecular flexibility index (Phi) is 5.52. The molecule has 2 aromatic rings. The summed E-state index contributed by atoms with van der Waals surface area (Å²) in [6.45, 7) is 2.01. The number of benzene rings is 2. The molecule has 0 spiro atoms. The summed E-state index contributed by atoms with van der Waals surface area (Å²) >= 11 is 0. The van der Waals surface area contributed by atoms with Crippen LogP contribution in [0.1, 0.15) is 30.4 Å². The van der Waals surface area contributed by atoms with Gasteiger partial charge in [0.05, 0.1) is 13.7 Å². The van der Waals surface area contributed by atoms with Crippen molar-refractivity contribution < 1.29 is 19.1 Å². The van der Waals surface area contributed by atoms with E-state index >= 15 is 0 Å². The molecule has 2 atom stereocenters. The van der Waals surface area contributed by atoms with Gasteiger partial charge < -0.3 is 9.47 Å². The summed E-state index contributed by atoms with van der Waals surface area (Å²) in [5.41, 5.74) is 2.85. The van der Waals surface area contributed by atoms with Gasteiger partial charge in [-0.2, -0.15) is 0 Å². The van der Waals surface area contributed by atoms with Crippen molar-refractivity contribution in [1.82, 2.24) is 0 Å². The smallest absolute Gasteiger partial charge is 0.317 e. The molecule has 2 unspecified atom stereocenters. The quantitative estimate of drug-likeness (QED) is 0.604. The van der Waals surface area contributed by atoms with E-state index in [0.717, 1.165) is 22.4 Å². The summed E-state index contributed by atoms with van der Waals surface area (Å²) in [4.78, 5) is 25.2. The van der Waals surface area contributed by atoms with Gasteiger partial charge in [-0.3, -0.25) is 9.59 Å². The first-order chi connectivity index (χ1) is 12.6. The lowest BCUT2D eigenvalue weighted by Crippen LogP contribution is -2.34. The Bertz CT molecular complexity index is 806. The first-order valence-corrected chi connectivity index (χ1v) is 8.74. The number of ether oxygens (including phenoxy) is 2. The standard InChI is InChI=1S/C22H22O4/c1-3-26-22(24)21-19(16-7-5-4-6-8-16)13-17(14-20(21)23)15-9-11-18(25-2)12-10-15/h4-12,14,19,21H,3,13H2,1-2H3. The van der Waals surface area contributed by atoms with Crippen molar-refractivity contribution in [2.75, 3.05) is 13.7 Å². The zero-order valence-corrected chi connectivity index (χ0v) is 15.0. The fourth-order valence-corrected chi connectivity index (χ4v) is 3.40. The van der Waals surface area contributed by atoms with Gasteiger partial charge in [-0.15, -0.1) is 0 Å². The Balaban J connectivity index is 1.98. The molecule has 0 fully saturated rings. The highest BCUT2D eigenvalue weighted by Crippen LogP contribution is 2.40. The molecule has 4 heteroatoms. The topological polar surface area (TPSA) is 52.6 Å². The highest BCUT2D eigenvalue weighted by molar-refractivity contribution is 6.10. The molecule has 26 heavy (non-hydrogen) atoms. The number of carbonyl (C=O) groups excluding carboxylic acids is 2. The second-order valence-electron chi connectivity index (χ2n) is 6.25. The third kappa shape index (κ3) is 3.69. The molecule has 0 aromatic heterocycles. The Morgan fingerprint density at radius 3 is 2.38 bits per heavy atom. The number of ketones is 1. The van der Waals surface area contributed by atoms with E-state index in [4.69, 9.17) is 9.47 Å². The minimum absolute atomic E-state index is 0.200. The summed E-state index contributed by atoms with van der Waals surface area (Å²) in [6.07, 6.45) is 2.19. The predicted octanol–water partition coefficient (Wildman–Crippen LogP) is 4.01.